The van der Waals surface area contributed by atoms with E-state index in [9.17, 15) is 0 Å². The van der Waals surface area contributed by atoms with E-state index < -0.39 is 0 Å². The molecule has 0 fully saturated rings. The fourth-order valence-corrected chi connectivity index (χ4v) is 3.73. The number of anilines is 1. The fourth-order valence-electron chi connectivity index (χ4n) is 2.61. The van der Waals surface area contributed by atoms with Gasteiger partial charge in [0.25, 0.3) is 0 Å². The molecule has 0 bridgehead atoms. The van der Waals surface area contributed by atoms with E-state index in [1.165, 1.54) is 11.3 Å². The molecule has 4 aromatic rings. The Labute approximate surface area is 158 Å². The number of imidazole rings is 1. The number of aromatic nitrogens is 5. The van der Waals surface area contributed by atoms with Crippen LogP contribution in [0.3, 0.4) is 0 Å². The second-order valence-electron chi connectivity index (χ2n) is 5.42. The van der Waals surface area contributed by atoms with Gasteiger partial charge in [0.05, 0.1) is 16.9 Å². The predicted molar refractivity (Wildman–Crippen MR) is 103 cm³/mol. The Morgan fingerprint density at radius 2 is 2.31 bits per heavy atom. The van der Waals surface area contributed by atoms with E-state index >= 15 is 0 Å². The van der Waals surface area contributed by atoms with E-state index in [4.69, 9.17) is 22.1 Å². The Balaban J connectivity index is 1.76. The van der Waals surface area contributed by atoms with E-state index in [0.29, 0.717) is 23.9 Å². The molecule has 0 radical (unpaired) electrons. The lowest BCUT2D eigenvalue weighted by Gasteiger charge is -2.10. The Hall–Kier alpha value is -2.62. The van der Waals surface area contributed by atoms with Crippen LogP contribution < -0.4 is 15.8 Å². The maximum atomic E-state index is 6.48. The Kier molecular flexibility index (Phi) is 4.49. The number of thiazole rings is 1. The maximum absolute atomic E-state index is 6.48. The summed E-state index contributed by atoms with van der Waals surface area (Å²) in [6.45, 7) is 0.892. The maximum Gasteiger partial charge on any atom is 0.185 e. The highest BCUT2D eigenvalue weighted by Gasteiger charge is 2.18. The minimum absolute atomic E-state index is 0.442. The quantitative estimate of drug-likeness (QED) is 0.468. The van der Waals surface area contributed by atoms with Crippen molar-refractivity contribution in [3.63, 3.8) is 0 Å². The molecule has 3 aromatic heterocycles. The average molecular weight is 390 g/mol. The largest absolute Gasteiger partial charge is 0.492 e. The van der Waals surface area contributed by atoms with Gasteiger partial charge >= 0.3 is 0 Å². The third-order valence-corrected chi connectivity index (χ3v) is 5.16. The van der Waals surface area contributed by atoms with Crippen LogP contribution in [0.1, 0.15) is 0 Å². The minimum atomic E-state index is 0.442. The molecule has 4 N–H and O–H groups in total. The number of aromatic amines is 1. The number of nitrogens with one attached hydrogen (secondary N) is 2. The van der Waals surface area contributed by atoms with Gasteiger partial charge in [-0.15, -0.1) is 0 Å². The highest BCUT2D eigenvalue weighted by atomic mass is 35.5. The molecule has 10 heteroatoms. The first-order chi connectivity index (χ1) is 12.7. The van der Waals surface area contributed by atoms with Crippen LogP contribution in [0.15, 0.2) is 30.7 Å². The van der Waals surface area contributed by atoms with Gasteiger partial charge in [-0.1, -0.05) is 22.9 Å². The lowest BCUT2D eigenvalue weighted by molar-refractivity contribution is 0.328. The van der Waals surface area contributed by atoms with Gasteiger partial charge in [-0.2, -0.15) is 5.10 Å². The standard InChI is InChI=1S/C16H16ClN7OS/c1-19-16-21-14-13(26-16)15(23-22-14)24-8-20-7-12(24)10-3-2-9(6-11(10)17)25-5-4-18/h2-3,6-8H,4-5,18H2,1H3,(H2,19,21,22,23). The number of benzene rings is 1. The van der Waals surface area contributed by atoms with Crippen molar-refractivity contribution in [2.45, 2.75) is 0 Å². The second kappa shape index (κ2) is 6.94. The molecule has 0 aliphatic rings. The monoisotopic (exact) mass is 389 g/mol. The molecular weight excluding hydrogens is 374 g/mol. The number of nitrogens with zero attached hydrogens (tertiary/aromatic N) is 4. The third-order valence-electron chi connectivity index (χ3n) is 3.78. The van der Waals surface area contributed by atoms with Gasteiger partial charge < -0.3 is 15.8 Å². The first-order valence-corrected chi connectivity index (χ1v) is 9.09. The van der Waals surface area contributed by atoms with Crippen molar-refractivity contribution in [3.8, 4) is 22.8 Å². The number of halogens is 1. The SMILES string of the molecule is CNc1nc2[nH]nc(-n3cncc3-c3ccc(OCCN)cc3Cl)c2s1. The van der Waals surface area contributed by atoms with Crippen molar-refractivity contribution >= 4 is 38.4 Å². The van der Waals surface area contributed by atoms with Crippen LogP contribution in [0.2, 0.25) is 5.02 Å². The Morgan fingerprint density at radius 3 is 3.08 bits per heavy atom. The number of hydrogen-bond acceptors (Lipinski definition) is 7. The predicted octanol–water partition coefficient (Wildman–Crippen LogP) is 2.90. The Bertz CT molecular complexity index is 1050. The van der Waals surface area contributed by atoms with Crippen LogP contribution in [0.4, 0.5) is 5.13 Å². The van der Waals surface area contributed by atoms with Crippen molar-refractivity contribution in [3.05, 3.63) is 35.7 Å². The summed E-state index contributed by atoms with van der Waals surface area (Å²) in [6.07, 6.45) is 3.46. The van der Waals surface area contributed by atoms with Crippen LogP contribution in [0.5, 0.6) is 5.75 Å². The average Bonchev–Trinajstić information content (AvgIpc) is 3.34. The second-order valence-corrected chi connectivity index (χ2v) is 6.83. The summed E-state index contributed by atoms with van der Waals surface area (Å²) >= 11 is 8.00. The summed E-state index contributed by atoms with van der Waals surface area (Å²) < 4.78 is 8.35. The molecular formula is C16H16ClN7OS. The van der Waals surface area contributed by atoms with E-state index in [-0.39, 0.29) is 0 Å². The number of hydrogen-bond donors (Lipinski definition) is 3. The summed E-state index contributed by atoms with van der Waals surface area (Å²) in [4.78, 5) is 8.70. The molecule has 0 saturated heterocycles. The zero-order chi connectivity index (χ0) is 18.1. The van der Waals surface area contributed by atoms with Crippen molar-refractivity contribution in [2.75, 3.05) is 25.5 Å². The molecule has 1 aromatic carbocycles. The molecule has 0 saturated carbocycles. The minimum Gasteiger partial charge on any atom is -0.492 e. The van der Waals surface area contributed by atoms with E-state index in [1.54, 1.807) is 18.6 Å². The number of fused-ring (bicyclic) bond motifs is 1. The van der Waals surface area contributed by atoms with Crippen LogP contribution in [0.25, 0.3) is 27.4 Å². The first-order valence-electron chi connectivity index (χ1n) is 7.89. The first kappa shape index (κ1) is 16.8. The molecule has 0 unspecified atom stereocenters. The van der Waals surface area contributed by atoms with Gasteiger partial charge in [-0.05, 0) is 18.2 Å². The lowest BCUT2D eigenvalue weighted by atomic mass is 10.1. The van der Waals surface area contributed by atoms with Gasteiger partial charge in [0.15, 0.2) is 16.6 Å². The van der Waals surface area contributed by atoms with Crippen LogP contribution in [0, 0.1) is 0 Å². The molecule has 0 spiro atoms. The zero-order valence-electron chi connectivity index (χ0n) is 13.9. The summed E-state index contributed by atoms with van der Waals surface area (Å²) in [5, 5.41) is 11.8. The van der Waals surface area contributed by atoms with E-state index in [1.807, 2.05) is 23.7 Å². The number of rotatable bonds is 6. The molecule has 0 aliphatic heterocycles. The normalized spacial score (nSPS) is 11.2. The molecule has 3 heterocycles. The van der Waals surface area contributed by atoms with E-state index in [2.05, 4.69) is 25.5 Å². The summed E-state index contributed by atoms with van der Waals surface area (Å²) in [5.74, 6) is 1.41. The van der Waals surface area contributed by atoms with E-state index in [0.717, 1.165) is 32.6 Å². The number of ether oxygens (including phenoxy) is 1. The molecule has 0 atom stereocenters. The smallest absolute Gasteiger partial charge is 0.185 e. The van der Waals surface area contributed by atoms with Crippen LogP contribution in [-0.2, 0) is 0 Å². The van der Waals surface area contributed by atoms with Crippen LogP contribution in [-0.4, -0.2) is 44.9 Å². The fraction of sp³-hybridized carbons (Fsp3) is 0.188. The Morgan fingerprint density at radius 1 is 1.42 bits per heavy atom. The lowest BCUT2D eigenvalue weighted by Crippen LogP contribution is -2.10. The topological polar surface area (TPSA) is 107 Å². The highest BCUT2D eigenvalue weighted by Crippen LogP contribution is 2.35. The molecule has 26 heavy (non-hydrogen) atoms. The zero-order valence-corrected chi connectivity index (χ0v) is 15.4. The van der Waals surface area contributed by atoms with Crippen molar-refractivity contribution in [1.82, 2.24) is 24.7 Å². The molecule has 0 aliphatic carbocycles. The molecule has 0 amide bonds. The number of H-pyrrole nitrogens is 1. The van der Waals surface area contributed by atoms with Gasteiger partial charge in [0, 0.05) is 19.2 Å². The van der Waals surface area contributed by atoms with Crippen molar-refractivity contribution < 1.29 is 4.74 Å². The van der Waals surface area contributed by atoms with Gasteiger partial charge in [-0.3, -0.25) is 9.67 Å². The summed E-state index contributed by atoms with van der Waals surface area (Å²) in [6, 6.07) is 5.53. The van der Waals surface area contributed by atoms with Gasteiger partial charge in [0.1, 0.15) is 23.4 Å². The highest BCUT2D eigenvalue weighted by molar-refractivity contribution is 7.22. The number of nitrogens with two attached hydrogens (primary N) is 1. The molecule has 4 rings (SSSR count). The summed E-state index contributed by atoms with van der Waals surface area (Å²) in [5.41, 5.74) is 7.85. The third kappa shape index (κ3) is 2.90. The van der Waals surface area contributed by atoms with Crippen molar-refractivity contribution in [1.29, 1.82) is 0 Å². The summed E-state index contributed by atoms with van der Waals surface area (Å²) in [7, 11) is 1.83. The molecule has 134 valence electrons. The van der Waals surface area contributed by atoms with Crippen molar-refractivity contribution in [2.24, 2.45) is 5.73 Å². The van der Waals surface area contributed by atoms with Gasteiger partial charge in [-0.25, -0.2) is 9.97 Å². The van der Waals surface area contributed by atoms with Crippen LogP contribution >= 0.6 is 22.9 Å². The van der Waals surface area contributed by atoms with Gasteiger partial charge in [0.2, 0.25) is 0 Å². The molecule has 8 nitrogen and oxygen atoms in total.